The van der Waals surface area contributed by atoms with Crippen LogP contribution in [0.25, 0.3) is 0 Å². The van der Waals surface area contributed by atoms with E-state index in [2.05, 4.69) is 47.6 Å². The highest BCUT2D eigenvalue weighted by Gasteiger charge is 2.48. The van der Waals surface area contributed by atoms with Crippen molar-refractivity contribution in [3.05, 3.63) is 22.8 Å². The van der Waals surface area contributed by atoms with Gasteiger partial charge in [-0.3, -0.25) is 0 Å². The number of hydrogen-bond donors (Lipinski definition) is 0. The minimum Gasteiger partial charge on any atom is -0.0705 e. The molecule has 1 fully saturated rings. The van der Waals surface area contributed by atoms with Crippen molar-refractivity contribution in [1.29, 1.82) is 0 Å². The second-order valence-corrected chi connectivity index (χ2v) is 8.06. The predicted molar refractivity (Wildman–Crippen MR) is 90.1 cm³/mol. The van der Waals surface area contributed by atoms with E-state index in [1.807, 2.05) is 0 Å². The molecule has 0 N–H and O–H groups in total. The maximum absolute atomic E-state index is 6.64. The van der Waals surface area contributed by atoms with Crippen molar-refractivity contribution in [1.82, 2.24) is 0 Å². The van der Waals surface area contributed by atoms with Crippen molar-refractivity contribution >= 4 is 7.85 Å². The van der Waals surface area contributed by atoms with Crippen LogP contribution < -0.4 is 0 Å². The second-order valence-electron chi connectivity index (χ2n) is 8.06. The predicted octanol–water partition coefficient (Wildman–Crippen LogP) is 5.85. The molecule has 3 atom stereocenters. The Hall–Kier alpha value is -0.455. The molecule has 2 aliphatic carbocycles. The zero-order chi connectivity index (χ0) is 15.1. The fraction of sp³-hybridized carbons (Fsp3) is 0.789. The Morgan fingerprint density at radius 3 is 2.55 bits per heavy atom. The fourth-order valence-corrected chi connectivity index (χ4v) is 4.49. The van der Waals surface area contributed by atoms with E-state index in [-0.39, 0.29) is 5.31 Å². The Kier molecular flexibility index (Phi) is 4.29. The summed E-state index contributed by atoms with van der Waals surface area (Å²) in [5.41, 5.74) is 5.04. The molecule has 0 aliphatic heterocycles. The maximum Gasteiger partial charge on any atom is 0.0746 e. The normalized spacial score (nSPS) is 39.1. The van der Waals surface area contributed by atoms with Gasteiger partial charge in [-0.15, -0.1) is 0 Å². The molecule has 0 spiro atoms. The van der Waals surface area contributed by atoms with Gasteiger partial charge in [0.2, 0.25) is 0 Å². The minimum atomic E-state index is 0.0244. The van der Waals surface area contributed by atoms with Crippen LogP contribution in [0.5, 0.6) is 0 Å². The molecule has 2 rings (SSSR count). The van der Waals surface area contributed by atoms with Crippen LogP contribution in [0.1, 0.15) is 73.6 Å². The average molecular weight is 270 g/mol. The molecule has 2 aliphatic rings. The second kappa shape index (κ2) is 5.39. The maximum atomic E-state index is 6.64. The van der Waals surface area contributed by atoms with Crippen molar-refractivity contribution in [2.45, 2.75) is 79.0 Å². The molecule has 0 aromatic heterocycles. The summed E-state index contributed by atoms with van der Waals surface area (Å²) in [5, 5.41) is 0.0244. The topological polar surface area (TPSA) is 0 Å². The standard InChI is InChI=1S/C19H31B/c1-13(2)14(3)12-16-8-9-17-18(5,15(16)4)10-7-11-19(17,6)20/h12-13,17H,7-11H2,1-6H3/b14-12+. The molecule has 0 heterocycles. The summed E-state index contributed by atoms with van der Waals surface area (Å²) < 4.78 is 0. The van der Waals surface area contributed by atoms with E-state index < -0.39 is 0 Å². The number of hydrogen-bond acceptors (Lipinski definition) is 0. The minimum absolute atomic E-state index is 0.0244. The molecule has 110 valence electrons. The van der Waals surface area contributed by atoms with Gasteiger partial charge in [0.1, 0.15) is 0 Å². The van der Waals surface area contributed by atoms with Crippen LogP contribution in [-0.4, -0.2) is 7.85 Å². The van der Waals surface area contributed by atoms with Gasteiger partial charge < -0.3 is 0 Å². The third kappa shape index (κ3) is 2.65. The van der Waals surface area contributed by atoms with Crippen LogP contribution in [-0.2, 0) is 0 Å². The van der Waals surface area contributed by atoms with Crippen LogP contribution in [0.4, 0.5) is 0 Å². The summed E-state index contributed by atoms with van der Waals surface area (Å²) in [7, 11) is 6.64. The molecule has 0 nitrogen and oxygen atoms in total. The van der Waals surface area contributed by atoms with E-state index in [0.29, 0.717) is 17.3 Å². The van der Waals surface area contributed by atoms with Crippen molar-refractivity contribution in [3.8, 4) is 0 Å². The summed E-state index contributed by atoms with van der Waals surface area (Å²) in [6, 6.07) is 0. The summed E-state index contributed by atoms with van der Waals surface area (Å²) >= 11 is 0. The molecule has 1 saturated carbocycles. The third-order valence-corrected chi connectivity index (χ3v) is 6.33. The highest BCUT2D eigenvalue weighted by Crippen LogP contribution is 2.61. The zero-order valence-electron chi connectivity index (χ0n) is 14.3. The molecule has 0 aromatic rings. The molecule has 0 saturated heterocycles. The summed E-state index contributed by atoms with van der Waals surface area (Å²) in [5.74, 6) is 1.30. The lowest BCUT2D eigenvalue weighted by Crippen LogP contribution is -2.43. The Morgan fingerprint density at radius 1 is 1.30 bits per heavy atom. The molecule has 3 unspecified atom stereocenters. The van der Waals surface area contributed by atoms with Gasteiger partial charge in [-0.1, -0.05) is 63.1 Å². The van der Waals surface area contributed by atoms with Gasteiger partial charge in [-0.2, -0.15) is 0 Å². The fourth-order valence-electron chi connectivity index (χ4n) is 4.49. The van der Waals surface area contributed by atoms with Crippen LogP contribution in [0.15, 0.2) is 22.8 Å². The summed E-state index contributed by atoms with van der Waals surface area (Å²) in [6.07, 6.45) is 8.72. The van der Waals surface area contributed by atoms with E-state index in [1.165, 1.54) is 37.7 Å². The van der Waals surface area contributed by atoms with Gasteiger partial charge in [-0.25, -0.2) is 0 Å². The monoisotopic (exact) mass is 270 g/mol. The first-order chi connectivity index (χ1) is 9.18. The number of rotatable bonds is 2. The first kappa shape index (κ1) is 15.9. The Bertz CT molecular complexity index is 439. The van der Waals surface area contributed by atoms with Crippen LogP contribution in [0, 0.1) is 17.3 Å². The van der Waals surface area contributed by atoms with Gasteiger partial charge in [0.05, 0.1) is 7.85 Å². The van der Waals surface area contributed by atoms with E-state index in [4.69, 9.17) is 7.85 Å². The first-order valence-electron chi connectivity index (χ1n) is 8.36. The van der Waals surface area contributed by atoms with Gasteiger partial charge in [0.25, 0.3) is 0 Å². The van der Waals surface area contributed by atoms with E-state index in [1.54, 1.807) is 11.1 Å². The van der Waals surface area contributed by atoms with E-state index in [0.717, 1.165) is 0 Å². The quantitative estimate of drug-likeness (QED) is 0.552. The van der Waals surface area contributed by atoms with Gasteiger partial charge in [0.15, 0.2) is 0 Å². The molecular formula is C19H31B. The van der Waals surface area contributed by atoms with E-state index in [9.17, 15) is 0 Å². The highest BCUT2D eigenvalue weighted by atomic mass is 14.5. The van der Waals surface area contributed by atoms with Crippen LogP contribution >= 0.6 is 0 Å². The Balaban J connectivity index is 2.39. The van der Waals surface area contributed by atoms with Crippen LogP contribution in [0.3, 0.4) is 0 Å². The zero-order valence-corrected chi connectivity index (χ0v) is 14.3. The smallest absolute Gasteiger partial charge is 0.0705 e. The van der Waals surface area contributed by atoms with Crippen molar-refractivity contribution in [2.24, 2.45) is 17.3 Å². The Morgan fingerprint density at radius 2 is 1.95 bits per heavy atom. The molecule has 0 aromatic carbocycles. The molecular weight excluding hydrogens is 239 g/mol. The van der Waals surface area contributed by atoms with Gasteiger partial charge in [-0.05, 0) is 55.9 Å². The lowest BCUT2D eigenvalue weighted by molar-refractivity contribution is 0.0935. The lowest BCUT2D eigenvalue weighted by atomic mass is 9.44. The Labute approximate surface area is 127 Å². The van der Waals surface area contributed by atoms with E-state index >= 15 is 0 Å². The van der Waals surface area contributed by atoms with Crippen molar-refractivity contribution in [2.75, 3.05) is 0 Å². The first-order valence-corrected chi connectivity index (χ1v) is 8.36. The van der Waals surface area contributed by atoms with Crippen molar-refractivity contribution in [3.63, 3.8) is 0 Å². The molecule has 1 heteroatoms. The van der Waals surface area contributed by atoms with Gasteiger partial charge >= 0.3 is 0 Å². The lowest BCUT2D eigenvalue weighted by Gasteiger charge is -2.55. The molecule has 2 radical (unpaired) electrons. The highest BCUT2D eigenvalue weighted by molar-refractivity contribution is 6.15. The number of allylic oxidation sites excluding steroid dienone is 4. The van der Waals surface area contributed by atoms with Gasteiger partial charge in [0, 0.05) is 0 Å². The summed E-state index contributed by atoms with van der Waals surface area (Å²) in [4.78, 5) is 0. The molecule has 0 bridgehead atoms. The third-order valence-electron chi connectivity index (χ3n) is 6.33. The number of fused-ring (bicyclic) bond motifs is 1. The van der Waals surface area contributed by atoms with Crippen LogP contribution in [0.2, 0.25) is 5.31 Å². The average Bonchev–Trinajstić information content (AvgIpc) is 2.33. The molecule has 20 heavy (non-hydrogen) atoms. The van der Waals surface area contributed by atoms with Crippen molar-refractivity contribution < 1.29 is 0 Å². The largest absolute Gasteiger partial charge is 0.0746 e. The SMILES string of the molecule is [B]C1(C)CCCC2(C)C(C)=C(/C=C(\C)C(C)C)CCC12. The summed E-state index contributed by atoms with van der Waals surface area (Å²) in [6.45, 7) is 14.0. The molecule has 0 amide bonds.